The molecule has 0 aromatic carbocycles. The molecule has 52 heavy (non-hydrogen) atoms. The number of carbonyl (C=O) groups is 2. The highest BCUT2D eigenvalue weighted by Crippen LogP contribution is 2.42. The number of phosphoric acid groups is 1. The van der Waals surface area contributed by atoms with Crippen LogP contribution < -0.4 is 5.32 Å². The molecule has 0 heterocycles. The molecule has 0 rings (SSSR count). The van der Waals surface area contributed by atoms with Crippen molar-refractivity contribution in [2.45, 2.75) is 232 Å². The standard InChI is InChI=1S/C42H84NO8P/c1-3-5-7-9-11-13-15-17-18-19-20-21-23-24-26-28-30-32-34-41(45)43-36-37-50-52(47,48)51-39-40(44)38-49-42(46)35-33-31-29-27-25-22-16-14-12-10-8-6-4-2/h40,44H,3-39H2,1-2H3,(H,43,45)(H,47,48). The number of esters is 1. The Morgan fingerprint density at radius 2 is 0.865 bits per heavy atom. The second kappa shape index (κ2) is 39.7. The molecular weight excluding hydrogens is 677 g/mol. The first-order valence-electron chi connectivity index (χ1n) is 22.0. The Balaban J connectivity index is 3.54. The van der Waals surface area contributed by atoms with Gasteiger partial charge in [-0.2, -0.15) is 0 Å². The van der Waals surface area contributed by atoms with Crippen LogP contribution in [0.25, 0.3) is 0 Å². The molecule has 0 aliphatic heterocycles. The maximum Gasteiger partial charge on any atom is 0.472 e. The van der Waals surface area contributed by atoms with Gasteiger partial charge in [-0.1, -0.05) is 200 Å². The fourth-order valence-corrected chi connectivity index (χ4v) is 7.20. The predicted molar refractivity (Wildman–Crippen MR) is 215 cm³/mol. The lowest BCUT2D eigenvalue weighted by atomic mass is 10.0. The number of amides is 1. The van der Waals surface area contributed by atoms with Crippen molar-refractivity contribution in [1.29, 1.82) is 0 Å². The van der Waals surface area contributed by atoms with E-state index in [2.05, 4.69) is 19.2 Å². The van der Waals surface area contributed by atoms with E-state index in [1.165, 1.54) is 161 Å². The molecule has 2 unspecified atom stereocenters. The largest absolute Gasteiger partial charge is 0.472 e. The van der Waals surface area contributed by atoms with Crippen molar-refractivity contribution in [3.63, 3.8) is 0 Å². The van der Waals surface area contributed by atoms with Crippen molar-refractivity contribution in [3.05, 3.63) is 0 Å². The normalized spacial score (nSPS) is 13.2. The molecule has 3 N–H and O–H groups in total. The number of rotatable bonds is 42. The summed E-state index contributed by atoms with van der Waals surface area (Å²) in [6, 6.07) is 0. The van der Waals surface area contributed by atoms with Crippen LogP contribution in [0.3, 0.4) is 0 Å². The van der Waals surface area contributed by atoms with Crippen LogP contribution in [0.4, 0.5) is 0 Å². The van der Waals surface area contributed by atoms with Gasteiger partial charge >= 0.3 is 13.8 Å². The van der Waals surface area contributed by atoms with Gasteiger partial charge in [-0.15, -0.1) is 0 Å². The van der Waals surface area contributed by atoms with Gasteiger partial charge in [0.1, 0.15) is 12.7 Å². The third-order valence-corrected chi connectivity index (χ3v) is 10.8. The summed E-state index contributed by atoms with van der Waals surface area (Å²) in [4.78, 5) is 33.9. The molecule has 0 radical (unpaired) electrons. The van der Waals surface area contributed by atoms with Crippen molar-refractivity contribution in [2.75, 3.05) is 26.4 Å². The van der Waals surface area contributed by atoms with E-state index in [1.807, 2.05) is 0 Å². The first-order chi connectivity index (χ1) is 25.3. The predicted octanol–water partition coefficient (Wildman–Crippen LogP) is 12.1. The summed E-state index contributed by atoms with van der Waals surface area (Å²) in [7, 11) is -4.41. The second-order valence-electron chi connectivity index (χ2n) is 15.0. The van der Waals surface area contributed by atoms with E-state index in [-0.39, 0.29) is 32.1 Å². The number of ether oxygens (including phenoxy) is 1. The molecule has 0 fully saturated rings. The van der Waals surface area contributed by atoms with Crippen LogP contribution in [0.1, 0.15) is 226 Å². The number of aliphatic hydroxyl groups is 1. The summed E-state index contributed by atoms with van der Waals surface area (Å²) in [5.41, 5.74) is 0. The molecule has 0 saturated heterocycles. The minimum atomic E-state index is -4.41. The van der Waals surface area contributed by atoms with Crippen molar-refractivity contribution in [2.24, 2.45) is 0 Å². The van der Waals surface area contributed by atoms with Gasteiger partial charge in [0.2, 0.25) is 5.91 Å². The van der Waals surface area contributed by atoms with E-state index in [9.17, 15) is 24.2 Å². The van der Waals surface area contributed by atoms with E-state index in [0.29, 0.717) is 6.42 Å². The molecule has 0 aliphatic carbocycles. The zero-order chi connectivity index (χ0) is 38.2. The molecule has 0 aliphatic rings. The maximum absolute atomic E-state index is 12.1. The zero-order valence-electron chi connectivity index (χ0n) is 34.0. The number of hydrogen-bond acceptors (Lipinski definition) is 7. The summed E-state index contributed by atoms with van der Waals surface area (Å²) in [6.45, 7) is 3.59. The molecule has 2 atom stereocenters. The molecule has 0 bridgehead atoms. The van der Waals surface area contributed by atoms with Crippen molar-refractivity contribution in [3.8, 4) is 0 Å². The lowest BCUT2D eigenvalue weighted by molar-refractivity contribution is -0.147. The van der Waals surface area contributed by atoms with Gasteiger partial charge in [0.05, 0.1) is 13.2 Å². The second-order valence-corrected chi connectivity index (χ2v) is 16.5. The molecular formula is C42H84NO8P. The maximum atomic E-state index is 12.1. The van der Waals surface area contributed by atoms with Gasteiger partial charge < -0.3 is 20.1 Å². The van der Waals surface area contributed by atoms with E-state index in [4.69, 9.17) is 13.8 Å². The van der Waals surface area contributed by atoms with Gasteiger partial charge in [0, 0.05) is 19.4 Å². The van der Waals surface area contributed by atoms with E-state index < -0.39 is 26.5 Å². The van der Waals surface area contributed by atoms with Crippen LogP contribution in [0.2, 0.25) is 0 Å². The number of aliphatic hydroxyl groups excluding tert-OH is 1. The Labute approximate surface area is 320 Å². The summed E-state index contributed by atoms with van der Waals surface area (Å²) in [6.07, 6.45) is 38.9. The average molecular weight is 762 g/mol. The molecule has 9 nitrogen and oxygen atoms in total. The molecule has 310 valence electrons. The summed E-state index contributed by atoms with van der Waals surface area (Å²) in [5.74, 6) is -0.504. The number of hydrogen-bond donors (Lipinski definition) is 3. The van der Waals surface area contributed by atoms with Crippen LogP contribution in [-0.2, 0) is 27.9 Å². The van der Waals surface area contributed by atoms with Gasteiger partial charge in [-0.3, -0.25) is 18.6 Å². The number of phosphoric ester groups is 1. The highest BCUT2D eigenvalue weighted by molar-refractivity contribution is 7.47. The van der Waals surface area contributed by atoms with E-state index in [1.54, 1.807) is 0 Å². The highest BCUT2D eigenvalue weighted by Gasteiger charge is 2.23. The topological polar surface area (TPSA) is 131 Å². The Hall–Kier alpha value is -0.990. The highest BCUT2D eigenvalue weighted by atomic mass is 31.2. The van der Waals surface area contributed by atoms with Crippen LogP contribution in [-0.4, -0.2) is 54.3 Å². The van der Waals surface area contributed by atoms with Gasteiger partial charge in [-0.25, -0.2) is 4.57 Å². The van der Waals surface area contributed by atoms with Crippen LogP contribution >= 0.6 is 7.82 Å². The number of unbranched alkanes of at least 4 members (excludes halogenated alkanes) is 29. The fourth-order valence-electron chi connectivity index (χ4n) is 6.44. The van der Waals surface area contributed by atoms with Crippen LogP contribution in [0.15, 0.2) is 0 Å². The first kappa shape index (κ1) is 51.0. The lowest BCUT2D eigenvalue weighted by Gasteiger charge is -2.15. The molecule has 1 amide bonds. The van der Waals surface area contributed by atoms with Crippen molar-refractivity contribution >= 4 is 19.7 Å². The smallest absolute Gasteiger partial charge is 0.463 e. The van der Waals surface area contributed by atoms with E-state index in [0.717, 1.165) is 38.5 Å². The third-order valence-electron chi connectivity index (χ3n) is 9.79. The van der Waals surface area contributed by atoms with E-state index >= 15 is 0 Å². The van der Waals surface area contributed by atoms with Crippen LogP contribution in [0, 0.1) is 0 Å². The molecule has 0 aromatic rings. The van der Waals surface area contributed by atoms with Gasteiger partial charge in [-0.05, 0) is 12.8 Å². The Kier molecular flexibility index (Phi) is 38.9. The zero-order valence-corrected chi connectivity index (χ0v) is 34.9. The third kappa shape index (κ3) is 40.2. The Morgan fingerprint density at radius 3 is 1.25 bits per heavy atom. The fraction of sp³-hybridized carbons (Fsp3) is 0.952. The SMILES string of the molecule is CCCCCCCCCCCCCCCCCCCCC(=O)NCCOP(=O)(O)OCC(O)COC(=O)CCCCCCCCCCCCCCC. The summed E-state index contributed by atoms with van der Waals surface area (Å²) < 4.78 is 26.9. The quantitative estimate of drug-likeness (QED) is 0.0318. The van der Waals surface area contributed by atoms with Crippen LogP contribution in [0.5, 0.6) is 0 Å². The minimum Gasteiger partial charge on any atom is -0.463 e. The number of nitrogens with one attached hydrogen (secondary N) is 1. The average Bonchev–Trinajstić information content (AvgIpc) is 3.13. The Bertz CT molecular complexity index is 830. The molecule has 10 heteroatoms. The molecule has 0 spiro atoms. The number of carbonyl (C=O) groups excluding carboxylic acids is 2. The van der Waals surface area contributed by atoms with Gasteiger partial charge in [0.15, 0.2) is 0 Å². The minimum absolute atomic E-state index is 0.0884. The van der Waals surface area contributed by atoms with Crippen molar-refractivity contribution < 1.29 is 37.9 Å². The molecule has 0 saturated carbocycles. The lowest BCUT2D eigenvalue weighted by Crippen LogP contribution is -2.27. The first-order valence-corrected chi connectivity index (χ1v) is 23.5. The summed E-state index contributed by atoms with van der Waals surface area (Å²) >= 11 is 0. The molecule has 0 aromatic heterocycles. The monoisotopic (exact) mass is 762 g/mol. The summed E-state index contributed by atoms with van der Waals surface area (Å²) in [5, 5.41) is 12.7. The Morgan fingerprint density at radius 1 is 0.519 bits per heavy atom. The van der Waals surface area contributed by atoms with Gasteiger partial charge in [0.25, 0.3) is 0 Å². The van der Waals surface area contributed by atoms with Crippen molar-refractivity contribution in [1.82, 2.24) is 5.32 Å².